The van der Waals surface area contributed by atoms with Crippen LogP contribution >= 0.6 is 11.8 Å². The largest absolute Gasteiger partial charge is 0.452 e. The molecule has 1 amide bonds. The molecule has 1 aromatic rings. The van der Waals surface area contributed by atoms with Crippen molar-refractivity contribution >= 4 is 23.6 Å². The fraction of sp³-hybridized carbons (Fsp3) is 0.529. The number of thioether (sulfide) groups is 1. The van der Waals surface area contributed by atoms with E-state index in [0.717, 1.165) is 24.2 Å². The van der Waals surface area contributed by atoms with Gasteiger partial charge >= 0.3 is 5.97 Å². The van der Waals surface area contributed by atoms with Crippen molar-refractivity contribution in [2.75, 3.05) is 12.3 Å². The van der Waals surface area contributed by atoms with Crippen LogP contribution in [0.25, 0.3) is 0 Å². The molecule has 0 heterocycles. The fourth-order valence-electron chi connectivity index (χ4n) is 2.46. The van der Waals surface area contributed by atoms with Gasteiger partial charge in [-0.15, -0.1) is 11.8 Å². The van der Waals surface area contributed by atoms with Crippen LogP contribution in [-0.4, -0.2) is 30.3 Å². The van der Waals surface area contributed by atoms with E-state index in [4.69, 9.17) is 4.74 Å². The highest BCUT2D eigenvalue weighted by molar-refractivity contribution is 8.00. The summed E-state index contributed by atoms with van der Waals surface area (Å²) in [6.45, 7) is 4.18. The number of benzene rings is 1. The normalized spacial score (nSPS) is 14.3. The van der Waals surface area contributed by atoms with Gasteiger partial charge in [0.25, 0.3) is 5.91 Å². The summed E-state index contributed by atoms with van der Waals surface area (Å²) >= 11 is 1.46. The second-order valence-electron chi connectivity index (χ2n) is 5.50. The van der Waals surface area contributed by atoms with Gasteiger partial charge in [0.1, 0.15) is 0 Å². The van der Waals surface area contributed by atoms with Crippen molar-refractivity contribution in [2.24, 2.45) is 0 Å². The minimum atomic E-state index is -0.736. The molecule has 4 nitrogen and oxygen atoms in total. The summed E-state index contributed by atoms with van der Waals surface area (Å²) in [5.41, 5.74) is 2.82. The molecular formula is C17H23NO3S. The SMILES string of the molecule is CCCNC(=O)C(C)OC(=O)CSc1ccc2c(c1)CCC2. The molecule has 2 rings (SSSR count). The van der Waals surface area contributed by atoms with Gasteiger partial charge in [-0.05, 0) is 55.9 Å². The molecular weight excluding hydrogens is 298 g/mol. The average molecular weight is 321 g/mol. The van der Waals surface area contributed by atoms with Crippen LogP contribution in [0.15, 0.2) is 23.1 Å². The summed E-state index contributed by atoms with van der Waals surface area (Å²) in [4.78, 5) is 24.5. The quantitative estimate of drug-likeness (QED) is 0.620. The van der Waals surface area contributed by atoms with Crippen LogP contribution in [0.3, 0.4) is 0 Å². The third kappa shape index (κ3) is 4.77. The van der Waals surface area contributed by atoms with Crippen LogP contribution in [0.2, 0.25) is 0 Å². The Hall–Kier alpha value is -1.49. The highest BCUT2D eigenvalue weighted by atomic mass is 32.2. The topological polar surface area (TPSA) is 55.4 Å². The number of hydrogen-bond acceptors (Lipinski definition) is 4. The lowest BCUT2D eigenvalue weighted by molar-refractivity contribution is -0.152. The summed E-state index contributed by atoms with van der Waals surface area (Å²) in [6.07, 6.45) is 3.63. The molecule has 5 heteroatoms. The maximum absolute atomic E-state index is 11.8. The van der Waals surface area contributed by atoms with Crippen molar-refractivity contribution in [2.45, 2.75) is 50.5 Å². The van der Waals surface area contributed by atoms with Crippen molar-refractivity contribution in [1.82, 2.24) is 5.32 Å². The van der Waals surface area contributed by atoms with Crippen molar-refractivity contribution in [3.63, 3.8) is 0 Å². The number of aryl methyl sites for hydroxylation is 2. The predicted octanol–water partition coefficient (Wildman–Crippen LogP) is 2.73. The average Bonchev–Trinajstić information content (AvgIpc) is 2.98. The van der Waals surface area contributed by atoms with E-state index < -0.39 is 6.10 Å². The molecule has 0 saturated heterocycles. The number of ether oxygens (including phenoxy) is 1. The van der Waals surface area contributed by atoms with Gasteiger partial charge in [-0.25, -0.2) is 0 Å². The zero-order valence-corrected chi connectivity index (χ0v) is 14.0. The summed E-state index contributed by atoms with van der Waals surface area (Å²) in [7, 11) is 0. The highest BCUT2D eigenvalue weighted by Gasteiger charge is 2.17. The molecule has 0 saturated carbocycles. The first-order valence-electron chi connectivity index (χ1n) is 7.82. The maximum atomic E-state index is 11.8. The molecule has 0 bridgehead atoms. The predicted molar refractivity (Wildman–Crippen MR) is 88.0 cm³/mol. The van der Waals surface area contributed by atoms with Gasteiger partial charge in [-0.2, -0.15) is 0 Å². The van der Waals surface area contributed by atoms with Crippen molar-refractivity contribution in [3.8, 4) is 0 Å². The van der Waals surface area contributed by atoms with E-state index in [1.807, 2.05) is 6.92 Å². The van der Waals surface area contributed by atoms with Gasteiger partial charge in [-0.3, -0.25) is 9.59 Å². The lowest BCUT2D eigenvalue weighted by Crippen LogP contribution is -2.36. The van der Waals surface area contributed by atoms with Crippen LogP contribution < -0.4 is 5.32 Å². The van der Waals surface area contributed by atoms with Crippen molar-refractivity contribution in [3.05, 3.63) is 29.3 Å². The Morgan fingerprint density at radius 1 is 1.32 bits per heavy atom. The Morgan fingerprint density at radius 3 is 2.86 bits per heavy atom. The van der Waals surface area contributed by atoms with Crippen LogP contribution in [0.5, 0.6) is 0 Å². The van der Waals surface area contributed by atoms with Crippen LogP contribution in [-0.2, 0) is 27.2 Å². The second-order valence-corrected chi connectivity index (χ2v) is 6.54. The first kappa shape index (κ1) is 16.9. The van der Waals surface area contributed by atoms with Crippen LogP contribution in [0.4, 0.5) is 0 Å². The summed E-state index contributed by atoms with van der Waals surface area (Å²) in [5, 5.41) is 2.72. The standard InChI is InChI=1S/C17H23NO3S/c1-3-9-18-17(20)12(2)21-16(19)11-22-15-8-7-13-5-4-6-14(13)10-15/h7-8,10,12H,3-6,9,11H2,1-2H3,(H,18,20). The summed E-state index contributed by atoms with van der Waals surface area (Å²) in [5.74, 6) is -0.369. The number of rotatable bonds is 7. The number of hydrogen-bond donors (Lipinski definition) is 1. The monoisotopic (exact) mass is 321 g/mol. The first-order valence-corrected chi connectivity index (χ1v) is 8.80. The van der Waals surface area contributed by atoms with Crippen molar-refractivity contribution in [1.29, 1.82) is 0 Å². The minimum absolute atomic E-state index is 0.226. The molecule has 0 aromatic heterocycles. The molecule has 0 spiro atoms. The smallest absolute Gasteiger partial charge is 0.317 e. The number of nitrogens with one attached hydrogen (secondary N) is 1. The van der Waals surface area contributed by atoms with Gasteiger partial charge in [0.05, 0.1) is 5.75 Å². The van der Waals surface area contributed by atoms with Crippen molar-refractivity contribution < 1.29 is 14.3 Å². The summed E-state index contributed by atoms with van der Waals surface area (Å²) in [6, 6.07) is 6.37. The number of carbonyl (C=O) groups is 2. The van der Waals surface area contributed by atoms with E-state index in [2.05, 4.69) is 23.5 Å². The summed E-state index contributed by atoms with van der Waals surface area (Å²) < 4.78 is 5.15. The number of esters is 1. The van der Waals surface area contributed by atoms with E-state index >= 15 is 0 Å². The molecule has 0 fully saturated rings. The second kappa shape index (κ2) is 8.22. The number of amides is 1. The molecule has 1 N–H and O–H groups in total. The Kier molecular flexibility index (Phi) is 6.31. The fourth-order valence-corrected chi connectivity index (χ4v) is 3.20. The lowest BCUT2D eigenvalue weighted by atomic mass is 10.1. The maximum Gasteiger partial charge on any atom is 0.317 e. The number of fused-ring (bicyclic) bond motifs is 1. The molecule has 1 aromatic carbocycles. The Bertz CT molecular complexity index is 545. The van der Waals surface area contributed by atoms with Gasteiger partial charge in [0.15, 0.2) is 6.10 Å². The molecule has 1 unspecified atom stereocenters. The highest BCUT2D eigenvalue weighted by Crippen LogP contribution is 2.27. The van der Waals surface area contributed by atoms with E-state index in [0.29, 0.717) is 6.54 Å². The molecule has 120 valence electrons. The van der Waals surface area contributed by atoms with E-state index in [1.54, 1.807) is 6.92 Å². The molecule has 0 radical (unpaired) electrons. The van der Waals surface area contributed by atoms with Crippen LogP contribution in [0, 0.1) is 0 Å². The van der Waals surface area contributed by atoms with Gasteiger partial charge in [0.2, 0.25) is 0 Å². The Labute approximate surface area is 136 Å². The van der Waals surface area contributed by atoms with Gasteiger partial charge < -0.3 is 10.1 Å². The number of carbonyl (C=O) groups excluding carboxylic acids is 2. The lowest BCUT2D eigenvalue weighted by Gasteiger charge is -2.13. The van der Waals surface area contributed by atoms with E-state index in [1.165, 1.54) is 29.3 Å². The van der Waals surface area contributed by atoms with Gasteiger partial charge in [0, 0.05) is 11.4 Å². The Balaban J connectivity index is 1.76. The molecule has 1 aliphatic carbocycles. The van der Waals surface area contributed by atoms with E-state index in [9.17, 15) is 9.59 Å². The molecule has 0 aliphatic heterocycles. The molecule has 1 aliphatic rings. The third-order valence-corrected chi connectivity index (χ3v) is 4.62. The zero-order chi connectivity index (χ0) is 15.9. The van der Waals surface area contributed by atoms with Crippen LogP contribution in [0.1, 0.15) is 37.8 Å². The van der Waals surface area contributed by atoms with E-state index in [-0.39, 0.29) is 17.6 Å². The zero-order valence-electron chi connectivity index (χ0n) is 13.2. The first-order chi connectivity index (χ1) is 10.6. The molecule has 1 atom stereocenters. The minimum Gasteiger partial charge on any atom is -0.452 e. The molecule has 22 heavy (non-hydrogen) atoms. The van der Waals surface area contributed by atoms with Gasteiger partial charge in [-0.1, -0.05) is 13.0 Å². The third-order valence-electron chi connectivity index (χ3n) is 3.65. The Morgan fingerprint density at radius 2 is 2.09 bits per heavy atom.